The summed E-state index contributed by atoms with van der Waals surface area (Å²) in [6.07, 6.45) is -1.30. The average Bonchev–Trinajstić information content (AvgIpc) is 2.49. The molecule has 1 unspecified atom stereocenters. The normalized spacial score (nSPS) is 16.3. The Labute approximate surface area is 110 Å². The monoisotopic (exact) mass is 265 g/mol. The number of amides is 1. The van der Waals surface area contributed by atoms with E-state index in [-0.39, 0.29) is 25.5 Å². The molecule has 0 aromatic heterocycles. The summed E-state index contributed by atoms with van der Waals surface area (Å²) >= 11 is 0. The number of para-hydroxylation sites is 2. The van der Waals surface area contributed by atoms with E-state index in [4.69, 9.17) is 9.84 Å². The van der Waals surface area contributed by atoms with E-state index in [0.717, 1.165) is 0 Å². The van der Waals surface area contributed by atoms with Gasteiger partial charge < -0.3 is 19.8 Å². The molecule has 1 aliphatic rings. The van der Waals surface area contributed by atoms with Gasteiger partial charge >= 0.3 is 5.97 Å². The van der Waals surface area contributed by atoms with E-state index in [1.807, 2.05) is 0 Å². The number of aliphatic hydroxyl groups is 1. The third kappa shape index (κ3) is 3.23. The van der Waals surface area contributed by atoms with Crippen molar-refractivity contribution in [3.05, 3.63) is 24.3 Å². The van der Waals surface area contributed by atoms with E-state index in [1.54, 1.807) is 24.3 Å². The zero-order valence-electron chi connectivity index (χ0n) is 10.3. The fraction of sp³-hybridized carbons (Fsp3) is 0.385. The molecule has 0 spiro atoms. The standard InChI is InChI=1S/C13H15NO5/c15-9(7-13(17)18)8-14-10-3-1-2-4-11(10)19-6-5-12(14)16/h1-4,9,15H,5-8H2,(H,17,18). The summed E-state index contributed by atoms with van der Waals surface area (Å²) in [5, 5.41) is 18.3. The number of carboxylic acid groups (broad SMARTS) is 1. The van der Waals surface area contributed by atoms with E-state index in [2.05, 4.69) is 0 Å². The summed E-state index contributed by atoms with van der Waals surface area (Å²) in [6, 6.07) is 7.01. The minimum atomic E-state index is -1.10. The molecule has 0 saturated carbocycles. The minimum absolute atomic E-state index is 0.0501. The van der Waals surface area contributed by atoms with Crippen LogP contribution in [0.3, 0.4) is 0 Å². The molecule has 6 heteroatoms. The van der Waals surface area contributed by atoms with Gasteiger partial charge in [0, 0.05) is 0 Å². The van der Waals surface area contributed by atoms with Crippen molar-refractivity contribution in [2.24, 2.45) is 0 Å². The third-order valence-corrected chi connectivity index (χ3v) is 2.83. The molecule has 0 bridgehead atoms. The zero-order chi connectivity index (χ0) is 13.8. The lowest BCUT2D eigenvalue weighted by Crippen LogP contribution is -2.38. The highest BCUT2D eigenvalue weighted by Crippen LogP contribution is 2.31. The number of carbonyl (C=O) groups excluding carboxylic acids is 1. The lowest BCUT2D eigenvalue weighted by molar-refractivity contribution is -0.139. The van der Waals surface area contributed by atoms with Crippen molar-refractivity contribution in [1.82, 2.24) is 0 Å². The van der Waals surface area contributed by atoms with Gasteiger partial charge in [0.05, 0.1) is 37.8 Å². The summed E-state index contributed by atoms with van der Waals surface area (Å²) in [5.41, 5.74) is 0.564. The second kappa shape index (κ2) is 5.71. The summed E-state index contributed by atoms with van der Waals surface area (Å²) in [5.74, 6) is -0.718. The van der Waals surface area contributed by atoms with Crippen LogP contribution in [0.1, 0.15) is 12.8 Å². The first kappa shape index (κ1) is 13.4. The molecule has 1 amide bonds. The van der Waals surface area contributed by atoms with Gasteiger partial charge in [0.25, 0.3) is 0 Å². The first-order chi connectivity index (χ1) is 9.08. The molecule has 1 aromatic rings. The van der Waals surface area contributed by atoms with Crippen LogP contribution in [0, 0.1) is 0 Å². The molecule has 1 atom stereocenters. The van der Waals surface area contributed by atoms with E-state index < -0.39 is 18.5 Å². The van der Waals surface area contributed by atoms with Gasteiger partial charge in [0.2, 0.25) is 5.91 Å². The van der Waals surface area contributed by atoms with Crippen LogP contribution in [0.4, 0.5) is 5.69 Å². The molecule has 0 aliphatic carbocycles. The number of ether oxygens (including phenoxy) is 1. The molecular formula is C13H15NO5. The highest BCUT2D eigenvalue weighted by Gasteiger charge is 2.25. The zero-order valence-corrected chi connectivity index (χ0v) is 10.3. The Morgan fingerprint density at radius 3 is 2.89 bits per heavy atom. The highest BCUT2D eigenvalue weighted by molar-refractivity contribution is 5.95. The number of carbonyl (C=O) groups is 2. The van der Waals surface area contributed by atoms with Crippen LogP contribution >= 0.6 is 0 Å². The lowest BCUT2D eigenvalue weighted by atomic mass is 10.2. The molecule has 1 heterocycles. The number of rotatable bonds is 4. The number of β-amino-alcohol motifs (C(OH)–C–C–N with tert-alkyl or cyclic N) is 1. The van der Waals surface area contributed by atoms with Gasteiger partial charge in [-0.05, 0) is 12.1 Å². The molecule has 1 aromatic carbocycles. The smallest absolute Gasteiger partial charge is 0.306 e. The van der Waals surface area contributed by atoms with Crippen molar-refractivity contribution in [2.45, 2.75) is 18.9 Å². The summed E-state index contributed by atoms with van der Waals surface area (Å²) in [6.45, 7) is 0.229. The molecule has 0 radical (unpaired) electrons. The van der Waals surface area contributed by atoms with E-state index in [0.29, 0.717) is 11.4 Å². The number of benzene rings is 1. The number of fused-ring (bicyclic) bond motifs is 1. The van der Waals surface area contributed by atoms with Gasteiger partial charge in [-0.2, -0.15) is 0 Å². The maximum Gasteiger partial charge on any atom is 0.306 e. The molecule has 102 valence electrons. The Morgan fingerprint density at radius 1 is 1.42 bits per heavy atom. The van der Waals surface area contributed by atoms with Crippen molar-refractivity contribution in [1.29, 1.82) is 0 Å². The summed E-state index contributed by atoms with van der Waals surface area (Å²) in [7, 11) is 0. The van der Waals surface area contributed by atoms with Crippen LogP contribution in [0.2, 0.25) is 0 Å². The average molecular weight is 265 g/mol. The Balaban J connectivity index is 2.21. The van der Waals surface area contributed by atoms with Crippen LogP contribution in [0.5, 0.6) is 5.75 Å². The molecule has 19 heavy (non-hydrogen) atoms. The maximum atomic E-state index is 12.0. The van der Waals surface area contributed by atoms with Crippen molar-refractivity contribution in [2.75, 3.05) is 18.1 Å². The van der Waals surface area contributed by atoms with Crippen molar-refractivity contribution >= 4 is 17.6 Å². The number of aliphatic carboxylic acids is 1. The minimum Gasteiger partial charge on any atom is -0.491 e. The van der Waals surface area contributed by atoms with Gasteiger partial charge in [0.15, 0.2) is 0 Å². The van der Waals surface area contributed by atoms with Gasteiger partial charge in [-0.1, -0.05) is 12.1 Å². The Bertz CT molecular complexity index is 488. The van der Waals surface area contributed by atoms with E-state index in [9.17, 15) is 14.7 Å². The van der Waals surface area contributed by atoms with Crippen LogP contribution in [-0.2, 0) is 9.59 Å². The van der Waals surface area contributed by atoms with Crippen LogP contribution in [0.15, 0.2) is 24.3 Å². The summed E-state index contributed by atoms with van der Waals surface area (Å²) in [4.78, 5) is 23.9. The Kier molecular flexibility index (Phi) is 4.01. The van der Waals surface area contributed by atoms with Crippen molar-refractivity contribution in [3.63, 3.8) is 0 Å². The molecular weight excluding hydrogens is 250 g/mol. The third-order valence-electron chi connectivity index (χ3n) is 2.83. The molecule has 6 nitrogen and oxygen atoms in total. The van der Waals surface area contributed by atoms with Crippen molar-refractivity contribution in [3.8, 4) is 5.75 Å². The fourth-order valence-electron chi connectivity index (χ4n) is 2.00. The van der Waals surface area contributed by atoms with Crippen molar-refractivity contribution < 1.29 is 24.5 Å². The largest absolute Gasteiger partial charge is 0.491 e. The number of hydrogen-bond donors (Lipinski definition) is 2. The fourth-order valence-corrected chi connectivity index (χ4v) is 2.00. The van der Waals surface area contributed by atoms with Gasteiger partial charge in [0.1, 0.15) is 5.75 Å². The topological polar surface area (TPSA) is 87.1 Å². The predicted molar refractivity (Wildman–Crippen MR) is 67.2 cm³/mol. The summed E-state index contributed by atoms with van der Waals surface area (Å²) < 4.78 is 5.45. The van der Waals surface area contributed by atoms with Crippen LogP contribution < -0.4 is 9.64 Å². The van der Waals surface area contributed by atoms with Crippen LogP contribution in [0.25, 0.3) is 0 Å². The maximum absolute atomic E-state index is 12.0. The molecule has 0 saturated heterocycles. The highest BCUT2D eigenvalue weighted by atomic mass is 16.5. The van der Waals surface area contributed by atoms with E-state index >= 15 is 0 Å². The first-order valence-electron chi connectivity index (χ1n) is 6.00. The number of hydrogen-bond acceptors (Lipinski definition) is 4. The van der Waals surface area contributed by atoms with E-state index in [1.165, 1.54) is 4.90 Å². The van der Waals surface area contributed by atoms with Gasteiger partial charge in [-0.25, -0.2) is 0 Å². The molecule has 2 rings (SSSR count). The van der Waals surface area contributed by atoms with Crippen LogP contribution in [-0.4, -0.2) is 41.3 Å². The lowest BCUT2D eigenvalue weighted by Gasteiger charge is -2.24. The van der Waals surface area contributed by atoms with Gasteiger partial charge in [-0.3, -0.25) is 9.59 Å². The SMILES string of the molecule is O=C(O)CC(O)CN1C(=O)CCOc2ccccc21. The Hall–Kier alpha value is -2.08. The second-order valence-electron chi connectivity index (χ2n) is 4.32. The number of anilines is 1. The molecule has 0 fully saturated rings. The Morgan fingerprint density at radius 2 is 2.16 bits per heavy atom. The van der Waals surface area contributed by atoms with Gasteiger partial charge in [-0.15, -0.1) is 0 Å². The first-order valence-corrected chi connectivity index (χ1v) is 6.00. The second-order valence-corrected chi connectivity index (χ2v) is 4.32. The molecule has 1 aliphatic heterocycles. The number of nitrogens with zero attached hydrogens (tertiary/aromatic N) is 1. The quantitative estimate of drug-likeness (QED) is 0.834. The predicted octanol–water partition coefficient (Wildman–Crippen LogP) is 0.638. The number of aliphatic hydroxyl groups excluding tert-OH is 1. The molecule has 2 N–H and O–H groups in total. The number of carboxylic acids is 1.